The predicted molar refractivity (Wildman–Crippen MR) is 89.9 cm³/mol. The third-order valence-electron chi connectivity index (χ3n) is 5.52. The van der Waals surface area contributed by atoms with Gasteiger partial charge in [-0.05, 0) is 12.3 Å². The molecule has 0 radical (unpaired) electrons. The Morgan fingerprint density at radius 2 is 2.04 bits per heavy atom. The van der Waals surface area contributed by atoms with E-state index in [-0.39, 0.29) is 13.0 Å². The standard InChI is InChI=1S/C17H23FNO7P/c18-12-9-19(16(21)7-13(12)20)17-8-14-15(25-17)10-24-27(22,26-14)23-6-5-11-3-1-2-4-11/h9,11,14-15,17H,1-8,10H2/t14-,15+,17+,27?/m0/s1. The lowest BCUT2D eigenvalue weighted by Crippen LogP contribution is -2.40. The third-order valence-corrected chi connectivity index (χ3v) is 7.01. The summed E-state index contributed by atoms with van der Waals surface area (Å²) in [5.74, 6) is -1.76. The molecular formula is C17H23FNO7P. The molecule has 0 spiro atoms. The fourth-order valence-corrected chi connectivity index (χ4v) is 5.42. The van der Waals surface area contributed by atoms with Crippen molar-refractivity contribution in [1.82, 2.24) is 4.90 Å². The fraction of sp³-hybridized carbons (Fsp3) is 0.765. The number of fused-ring (bicyclic) bond motifs is 1. The number of Topliss-reactive ketones (excluding diaryl/α,β-unsaturated/α-hetero) is 1. The molecule has 4 aliphatic rings. The summed E-state index contributed by atoms with van der Waals surface area (Å²) < 4.78 is 48.2. The highest BCUT2D eigenvalue weighted by atomic mass is 31.2. The second-order valence-corrected chi connectivity index (χ2v) is 9.02. The van der Waals surface area contributed by atoms with Gasteiger partial charge in [-0.25, -0.2) is 8.96 Å². The second-order valence-electron chi connectivity index (χ2n) is 7.40. The molecule has 27 heavy (non-hydrogen) atoms. The highest BCUT2D eigenvalue weighted by Gasteiger charge is 2.49. The third kappa shape index (κ3) is 4.17. The molecule has 3 aliphatic heterocycles. The van der Waals surface area contributed by atoms with Crippen molar-refractivity contribution >= 4 is 19.5 Å². The first-order valence-electron chi connectivity index (χ1n) is 9.38. The van der Waals surface area contributed by atoms with Crippen LogP contribution in [0, 0.1) is 5.92 Å². The Morgan fingerprint density at radius 3 is 2.81 bits per heavy atom. The van der Waals surface area contributed by atoms with Gasteiger partial charge in [-0.15, -0.1) is 0 Å². The smallest absolute Gasteiger partial charge is 0.349 e. The molecule has 3 heterocycles. The van der Waals surface area contributed by atoms with Gasteiger partial charge in [0.05, 0.1) is 19.6 Å². The maximum absolute atomic E-state index is 13.6. The number of hydrogen-bond acceptors (Lipinski definition) is 7. The first-order chi connectivity index (χ1) is 12.9. The monoisotopic (exact) mass is 403 g/mol. The predicted octanol–water partition coefficient (Wildman–Crippen LogP) is 2.83. The van der Waals surface area contributed by atoms with Gasteiger partial charge in [-0.1, -0.05) is 25.7 Å². The van der Waals surface area contributed by atoms with E-state index in [9.17, 15) is 18.5 Å². The molecule has 0 aromatic carbocycles. The molecule has 4 atom stereocenters. The summed E-state index contributed by atoms with van der Waals surface area (Å²) in [7, 11) is -3.67. The van der Waals surface area contributed by atoms with Gasteiger partial charge >= 0.3 is 7.82 Å². The number of amides is 1. The molecule has 1 amide bonds. The first kappa shape index (κ1) is 19.2. The van der Waals surface area contributed by atoms with E-state index in [1.54, 1.807) is 0 Å². The van der Waals surface area contributed by atoms with Gasteiger partial charge in [0.25, 0.3) is 0 Å². The van der Waals surface area contributed by atoms with E-state index in [1.807, 2.05) is 0 Å². The average molecular weight is 403 g/mol. The van der Waals surface area contributed by atoms with Crippen LogP contribution in [0.15, 0.2) is 12.0 Å². The maximum atomic E-state index is 13.6. The molecule has 0 N–H and O–H groups in total. The molecule has 8 nitrogen and oxygen atoms in total. The van der Waals surface area contributed by atoms with Crippen LogP contribution in [0.1, 0.15) is 44.9 Å². The molecule has 0 bridgehead atoms. The number of hydrogen-bond donors (Lipinski definition) is 0. The minimum absolute atomic E-state index is 0.00896. The van der Waals surface area contributed by atoms with Crippen LogP contribution < -0.4 is 0 Å². The van der Waals surface area contributed by atoms with Crippen molar-refractivity contribution < 1.29 is 36.9 Å². The van der Waals surface area contributed by atoms with Crippen molar-refractivity contribution in [3.8, 4) is 0 Å². The van der Waals surface area contributed by atoms with Gasteiger partial charge < -0.3 is 4.74 Å². The molecule has 2 saturated heterocycles. The number of carbonyl (C=O) groups is 2. The molecule has 0 aromatic heterocycles. The number of rotatable bonds is 5. The number of ether oxygens (including phenoxy) is 1. The molecule has 3 fully saturated rings. The van der Waals surface area contributed by atoms with E-state index in [1.165, 1.54) is 25.7 Å². The summed E-state index contributed by atoms with van der Waals surface area (Å²) in [5.41, 5.74) is 0. The van der Waals surface area contributed by atoms with Gasteiger partial charge in [0.1, 0.15) is 18.4 Å². The van der Waals surface area contributed by atoms with Crippen LogP contribution in [0.2, 0.25) is 0 Å². The van der Waals surface area contributed by atoms with Crippen LogP contribution in [0.5, 0.6) is 0 Å². The summed E-state index contributed by atoms with van der Waals surface area (Å²) in [6, 6.07) is 0. The second kappa shape index (κ2) is 7.72. The topological polar surface area (TPSA) is 91.4 Å². The largest absolute Gasteiger partial charge is 0.475 e. The summed E-state index contributed by atoms with van der Waals surface area (Å²) in [4.78, 5) is 24.3. The van der Waals surface area contributed by atoms with E-state index >= 15 is 0 Å². The number of halogens is 1. The van der Waals surface area contributed by atoms with Crippen LogP contribution in [-0.4, -0.2) is 48.2 Å². The number of nitrogens with zero attached hydrogens (tertiary/aromatic N) is 1. The zero-order chi connectivity index (χ0) is 19.0. The van der Waals surface area contributed by atoms with E-state index in [4.69, 9.17) is 18.3 Å². The van der Waals surface area contributed by atoms with Gasteiger partial charge in [0, 0.05) is 12.6 Å². The Labute approximate surface area is 156 Å². The lowest BCUT2D eigenvalue weighted by atomic mass is 10.1. The molecule has 1 aliphatic carbocycles. The number of phosphoric acid groups is 1. The van der Waals surface area contributed by atoms with Crippen LogP contribution in [0.25, 0.3) is 0 Å². The maximum Gasteiger partial charge on any atom is 0.475 e. The summed E-state index contributed by atoms with van der Waals surface area (Å²) in [6.45, 7) is 0.319. The van der Waals surface area contributed by atoms with Crippen LogP contribution in [0.3, 0.4) is 0 Å². The van der Waals surface area contributed by atoms with E-state index in [0.717, 1.165) is 17.5 Å². The van der Waals surface area contributed by atoms with Crippen molar-refractivity contribution in [3.05, 3.63) is 12.0 Å². The minimum atomic E-state index is -3.67. The van der Waals surface area contributed by atoms with E-state index in [0.29, 0.717) is 12.5 Å². The molecule has 150 valence electrons. The Kier molecular flexibility index (Phi) is 5.49. The highest BCUT2D eigenvalue weighted by molar-refractivity contribution is 7.48. The first-order valence-corrected chi connectivity index (χ1v) is 10.8. The molecular weight excluding hydrogens is 380 g/mol. The van der Waals surface area contributed by atoms with Crippen LogP contribution in [-0.2, 0) is 32.5 Å². The Balaban J connectivity index is 1.33. The number of phosphoric ester groups is 1. The van der Waals surface area contributed by atoms with Gasteiger partial charge in [0.2, 0.25) is 11.7 Å². The molecule has 10 heteroatoms. The van der Waals surface area contributed by atoms with Crippen molar-refractivity contribution in [1.29, 1.82) is 0 Å². The van der Waals surface area contributed by atoms with Crippen molar-refractivity contribution in [3.63, 3.8) is 0 Å². The lowest BCUT2D eigenvalue weighted by molar-refractivity contribution is -0.146. The molecule has 1 saturated carbocycles. The Bertz CT molecular complexity index is 693. The number of carbonyl (C=O) groups excluding carboxylic acids is 2. The Hall–Kier alpha value is -1.12. The normalized spacial score (nSPS) is 37.6. The molecule has 4 rings (SSSR count). The highest BCUT2D eigenvalue weighted by Crippen LogP contribution is 2.56. The van der Waals surface area contributed by atoms with Crippen molar-refractivity contribution in [2.45, 2.75) is 63.4 Å². The zero-order valence-corrected chi connectivity index (χ0v) is 15.8. The average Bonchev–Trinajstić information content (AvgIpc) is 3.27. The minimum Gasteiger partial charge on any atom is -0.349 e. The van der Waals surface area contributed by atoms with Crippen molar-refractivity contribution in [2.75, 3.05) is 13.2 Å². The lowest BCUT2D eigenvalue weighted by Gasteiger charge is -2.30. The number of ketones is 1. The zero-order valence-electron chi connectivity index (χ0n) is 14.9. The summed E-state index contributed by atoms with van der Waals surface area (Å²) in [6.07, 6.45) is 4.25. The van der Waals surface area contributed by atoms with Crippen LogP contribution >= 0.6 is 7.82 Å². The van der Waals surface area contributed by atoms with E-state index < -0.39 is 50.2 Å². The van der Waals surface area contributed by atoms with Crippen LogP contribution in [0.4, 0.5) is 4.39 Å². The fourth-order valence-electron chi connectivity index (χ4n) is 4.01. The molecule has 1 unspecified atom stereocenters. The Morgan fingerprint density at radius 1 is 1.26 bits per heavy atom. The SMILES string of the molecule is O=C1CC(=O)N([C@H]2C[C@@H]3OP(=O)(OCCC4CCCC4)OC[C@H]3O2)C=C1F. The van der Waals surface area contributed by atoms with Gasteiger partial charge in [-0.2, -0.15) is 0 Å². The van der Waals surface area contributed by atoms with E-state index in [2.05, 4.69) is 0 Å². The van der Waals surface area contributed by atoms with Crippen molar-refractivity contribution in [2.24, 2.45) is 5.92 Å². The molecule has 0 aromatic rings. The van der Waals surface area contributed by atoms with Gasteiger partial charge in [-0.3, -0.25) is 28.1 Å². The summed E-state index contributed by atoms with van der Waals surface area (Å²) >= 11 is 0. The quantitative estimate of drug-likeness (QED) is 0.515. The number of allylic oxidation sites excluding steroid dienone is 1. The summed E-state index contributed by atoms with van der Waals surface area (Å²) in [5, 5.41) is 0. The van der Waals surface area contributed by atoms with Gasteiger partial charge in [0.15, 0.2) is 5.83 Å².